The number of nitrogens with zero attached hydrogens (tertiary/aromatic N) is 2. The number of hydrogen-bond donors (Lipinski definition) is 2. The molecule has 4 aromatic rings. The van der Waals surface area contributed by atoms with Gasteiger partial charge in [-0.2, -0.15) is 4.98 Å². The summed E-state index contributed by atoms with van der Waals surface area (Å²) in [6.07, 6.45) is 1.63. The van der Waals surface area contributed by atoms with Gasteiger partial charge in [-0.05, 0) is 60.7 Å². The van der Waals surface area contributed by atoms with E-state index in [-0.39, 0.29) is 5.82 Å². The van der Waals surface area contributed by atoms with Gasteiger partial charge < -0.3 is 15.4 Å². The van der Waals surface area contributed by atoms with E-state index in [1.807, 2.05) is 54.6 Å². The molecule has 5 nitrogen and oxygen atoms in total. The molecular weight excluding hydrogens is 355 g/mol. The first-order valence-corrected chi connectivity index (χ1v) is 8.70. The minimum atomic E-state index is -0.322. The van der Waals surface area contributed by atoms with Crippen molar-refractivity contribution < 1.29 is 9.13 Å². The predicted octanol–water partition coefficient (Wildman–Crippen LogP) is 5.90. The largest absolute Gasteiger partial charge is 0.457 e. The molecule has 0 spiro atoms. The molecule has 28 heavy (non-hydrogen) atoms. The van der Waals surface area contributed by atoms with Crippen molar-refractivity contribution in [3.05, 3.63) is 96.9 Å². The summed E-state index contributed by atoms with van der Waals surface area (Å²) < 4.78 is 19.1. The number of anilines is 4. The van der Waals surface area contributed by atoms with Crippen LogP contribution in [0, 0.1) is 5.82 Å². The van der Waals surface area contributed by atoms with Gasteiger partial charge >= 0.3 is 0 Å². The highest BCUT2D eigenvalue weighted by Gasteiger charge is 2.03. The van der Waals surface area contributed by atoms with Crippen LogP contribution in [0.15, 0.2) is 91.1 Å². The van der Waals surface area contributed by atoms with Crippen LogP contribution in [0.3, 0.4) is 0 Å². The lowest BCUT2D eigenvalue weighted by Gasteiger charge is -2.10. The quantitative estimate of drug-likeness (QED) is 0.442. The first-order valence-electron chi connectivity index (χ1n) is 8.70. The Morgan fingerprint density at radius 1 is 0.714 bits per heavy atom. The molecule has 0 radical (unpaired) electrons. The number of halogens is 1. The zero-order valence-electron chi connectivity index (χ0n) is 14.8. The van der Waals surface area contributed by atoms with Crippen molar-refractivity contribution in [2.45, 2.75) is 0 Å². The lowest BCUT2D eigenvalue weighted by molar-refractivity contribution is 0.483. The van der Waals surface area contributed by atoms with Crippen LogP contribution in [0.1, 0.15) is 0 Å². The molecule has 0 aliphatic heterocycles. The number of para-hydroxylation sites is 1. The number of rotatable bonds is 6. The van der Waals surface area contributed by atoms with Crippen LogP contribution in [-0.4, -0.2) is 9.97 Å². The second kappa shape index (κ2) is 8.18. The third kappa shape index (κ3) is 4.62. The molecule has 1 aromatic heterocycles. The summed E-state index contributed by atoms with van der Waals surface area (Å²) in [5.74, 6) is 2.20. The second-order valence-corrected chi connectivity index (χ2v) is 5.97. The molecular formula is C22H17FN4O. The van der Waals surface area contributed by atoms with Crippen LogP contribution >= 0.6 is 0 Å². The summed E-state index contributed by atoms with van der Waals surface area (Å²) in [6.45, 7) is 0. The fraction of sp³-hybridized carbons (Fsp3) is 0. The van der Waals surface area contributed by atoms with Gasteiger partial charge in [0.15, 0.2) is 0 Å². The van der Waals surface area contributed by atoms with Crippen LogP contribution in [0.25, 0.3) is 0 Å². The average Bonchev–Trinajstić information content (AvgIpc) is 2.71. The normalized spacial score (nSPS) is 10.3. The van der Waals surface area contributed by atoms with Crippen molar-refractivity contribution in [1.29, 1.82) is 0 Å². The van der Waals surface area contributed by atoms with Crippen LogP contribution in [0.4, 0.5) is 27.5 Å². The Balaban J connectivity index is 1.42. The standard InChI is InChI=1S/C22H17FN4O/c23-16-5-4-6-18(15-16)26-22-24-14-13-21(27-22)25-17-9-11-20(12-10-17)28-19-7-2-1-3-8-19/h1-15H,(H2,24,25,26,27). The monoisotopic (exact) mass is 372 g/mol. The highest BCUT2D eigenvalue weighted by molar-refractivity contribution is 5.60. The predicted molar refractivity (Wildman–Crippen MR) is 108 cm³/mol. The maximum absolute atomic E-state index is 13.3. The zero-order valence-corrected chi connectivity index (χ0v) is 14.8. The SMILES string of the molecule is Fc1cccc(Nc2nccc(Nc3ccc(Oc4ccccc4)cc3)n2)c1. The Bertz CT molecular complexity index is 1060. The molecule has 2 N–H and O–H groups in total. The van der Waals surface area contributed by atoms with Gasteiger partial charge in [-0.1, -0.05) is 24.3 Å². The Hall–Kier alpha value is -3.93. The van der Waals surface area contributed by atoms with Crippen molar-refractivity contribution >= 4 is 23.1 Å². The Labute approximate surface area is 161 Å². The van der Waals surface area contributed by atoms with E-state index in [0.717, 1.165) is 17.2 Å². The van der Waals surface area contributed by atoms with E-state index in [1.165, 1.54) is 12.1 Å². The summed E-state index contributed by atoms with van der Waals surface area (Å²) in [7, 11) is 0. The molecule has 0 bridgehead atoms. The van der Waals surface area contributed by atoms with Gasteiger partial charge in [0.05, 0.1) is 0 Å². The molecule has 0 aliphatic carbocycles. The van der Waals surface area contributed by atoms with Gasteiger partial charge in [0.1, 0.15) is 23.1 Å². The lowest BCUT2D eigenvalue weighted by Crippen LogP contribution is -2.00. The molecule has 6 heteroatoms. The smallest absolute Gasteiger partial charge is 0.229 e. The van der Waals surface area contributed by atoms with Gasteiger partial charge in [0, 0.05) is 17.6 Å². The zero-order chi connectivity index (χ0) is 19.2. The van der Waals surface area contributed by atoms with Gasteiger partial charge in [-0.3, -0.25) is 0 Å². The van der Waals surface area contributed by atoms with Crippen molar-refractivity contribution in [1.82, 2.24) is 9.97 Å². The van der Waals surface area contributed by atoms with E-state index in [4.69, 9.17) is 4.74 Å². The molecule has 0 amide bonds. The Morgan fingerprint density at radius 3 is 2.29 bits per heavy atom. The third-order valence-electron chi connectivity index (χ3n) is 3.84. The van der Waals surface area contributed by atoms with E-state index in [1.54, 1.807) is 24.4 Å². The number of nitrogens with one attached hydrogen (secondary N) is 2. The molecule has 0 saturated carbocycles. The Morgan fingerprint density at radius 2 is 1.50 bits per heavy atom. The molecule has 0 fully saturated rings. The van der Waals surface area contributed by atoms with Crippen LogP contribution < -0.4 is 15.4 Å². The molecule has 0 aliphatic rings. The molecule has 138 valence electrons. The fourth-order valence-corrected chi connectivity index (χ4v) is 2.56. The van der Waals surface area contributed by atoms with Gasteiger partial charge in [-0.25, -0.2) is 9.37 Å². The minimum absolute atomic E-state index is 0.322. The maximum atomic E-state index is 13.3. The van der Waals surface area contributed by atoms with Gasteiger partial charge in [0.2, 0.25) is 5.95 Å². The summed E-state index contributed by atoms with van der Waals surface area (Å²) in [5, 5.41) is 6.20. The second-order valence-electron chi connectivity index (χ2n) is 5.97. The summed E-state index contributed by atoms with van der Waals surface area (Å²) in [5.41, 5.74) is 1.44. The van der Waals surface area contributed by atoms with E-state index >= 15 is 0 Å². The van der Waals surface area contributed by atoms with Gasteiger partial charge in [0.25, 0.3) is 0 Å². The molecule has 0 saturated heterocycles. The number of benzene rings is 3. The fourth-order valence-electron chi connectivity index (χ4n) is 2.56. The summed E-state index contributed by atoms with van der Waals surface area (Å²) in [6, 6.07) is 25.1. The maximum Gasteiger partial charge on any atom is 0.229 e. The molecule has 0 unspecified atom stereocenters. The third-order valence-corrected chi connectivity index (χ3v) is 3.84. The van der Waals surface area contributed by atoms with Crippen LogP contribution in [0.5, 0.6) is 11.5 Å². The van der Waals surface area contributed by atoms with E-state index in [9.17, 15) is 4.39 Å². The lowest BCUT2D eigenvalue weighted by atomic mass is 10.3. The number of ether oxygens (including phenoxy) is 1. The molecule has 3 aromatic carbocycles. The van der Waals surface area contributed by atoms with E-state index < -0.39 is 0 Å². The van der Waals surface area contributed by atoms with Crippen molar-refractivity contribution in [3.8, 4) is 11.5 Å². The number of aromatic nitrogens is 2. The summed E-state index contributed by atoms with van der Waals surface area (Å²) in [4.78, 5) is 8.56. The van der Waals surface area contributed by atoms with Crippen molar-refractivity contribution in [2.75, 3.05) is 10.6 Å². The first-order chi connectivity index (χ1) is 13.7. The van der Waals surface area contributed by atoms with Crippen molar-refractivity contribution in [2.24, 2.45) is 0 Å². The molecule has 1 heterocycles. The van der Waals surface area contributed by atoms with Gasteiger partial charge in [-0.15, -0.1) is 0 Å². The Kier molecular flexibility index (Phi) is 5.11. The highest BCUT2D eigenvalue weighted by Crippen LogP contribution is 2.24. The number of hydrogen-bond acceptors (Lipinski definition) is 5. The van der Waals surface area contributed by atoms with Crippen LogP contribution in [-0.2, 0) is 0 Å². The topological polar surface area (TPSA) is 59.1 Å². The van der Waals surface area contributed by atoms with Crippen molar-refractivity contribution in [3.63, 3.8) is 0 Å². The molecule has 0 atom stereocenters. The van der Waals surface area contributed by atoms with E-state index in [2.05, 4.69) is 20.6 Å². The highest BCUT2D eigenvalue weighted by atomic mass is 19.1. The average molecular weight is 372 g/mol. The first kappa shape index (κ1) is 17.5. The van der Waals surface area contributed by atoms with E-state index in [0.29, 0.717) is 17.5 Å². The minimum Gasteiger partial charge on any atom is -0.457 e. The molecule has 4 rings (SSSR count). The van der Waals surface area contributed by atoms with Crippen LogP contribution in [0.2, 0.25) is 0 Å². The summed E-state index contributed by atoms with van der Waals surface area (Å²) >= 11 is 0.